The highest BCUT2D eigenvalue weighted by Crippen LogP contribution is 2.27. The van der Waals surface area contributed by atoms with Crippen LogP contribution < -0.4 is 0 Å². The first-order valence-corrected chi connectivity index (χ1v) is 11.0. The van der Waals surface area contributed by atoms with Crippen molar-refractivity contribution >= 4 is 35.3 Å². The fraction of sp³-hybridized carbons (Fsp3) is 0.273. The van der Waals surface area contributed by atoms with E-state index in [-0.39, 0.29) is 12.4 Å². The van der Waals surface area contributed by atoms with Gasteiger partial charge >= 0.3 is 6.18 Å². The Hall–Kier alpha value is -3.11. The highest BCUT2D eigenvalue weighted by molar-refractivity contribution is 6.31. The first-order chi connectivity index (χ1) is 16.2. The van der Waals surface area contributed by atoms with E-state index >= 15 is 0 Å². The lowest BCUT2D eigenvalue weighted by atomic mass is 10.1. The first-order valence-electron chi connectivity index (χ1n) is 10.3. The highest BCUT2D eigenvalue weighted by atomic mass is 35.5. The third-order valence-corrected chi connectivity index (χ3v) is 5.81. The predicted octanol–water partition coefficient (Wildman–Crippen LogP) is 4.66. The number of benzene rings is 2. The number of hydrogen-bond acceptors (Lipinski definition) is 6. The van der Waals surface area contributed by atoms with Gasteiger partial charge < -0.3 is 9.88 Å². The molecule has 2 heterocycles. The van der Waals surface area contributed by atoms with E-state index in [2.05, 4.69) is 20.3 Å². The fourth-order valence-corrected chi connectivity index (χ4v) is 3.90. The van der Waals surface area contributed by atoms with Crippen LogP contribution in [0.4, 0.5) is 13.2 Å². The van der Waals surface area contributed by atoms with Gasteiger partial charge in [-0.2, -0.15) is 18.3 Å². The van der Waals surface area contributed by atoms with Crippen molar-refractivity contribution in [2.45, 2.75) is 31.7 Å². The molecule has 2 aromatic carbocycles. The largest absolute Gasteiger partial charge is 0.390 e. The average molecular weight is 511 g/mol. The maximum Gasteiger partial charge on any atom is 0.390 e. The van der Waals surface area contributed by atoms with Gasteiger partial charge in [0.05, 0.1) is 13.0 Å². The van der Waals surface area contributed by atoms with Crippen LogP contribution >= 0.6 is 23.2 Å². The lowest BCUT2D eigenvalue weighted by molar-refractivity contribution is -0.139. The van der Waals surface area contributed by atoms with E-state index in [9.17, 15) is 18.0 Å². The Kier molecular flexibility index (Phi) is 7.08. The number of alkyl halides is 3. The Labute approximate surface area is 203 Å². The van der Waals surface area contributed by atoms with Crippen LogP contribution in [0.15, 0.2) is 53.6 Å². The maximum absolute atomic E-state index is 13.0. The molecule has 1 unspecified atom stereocenters. The van der Waals surface area contributed by atoms with E-state index in [1.165, 1.54) is 9.91 Å². The second-order valence-corrected chi connectivity index (χ2v) is 8.47. The number of halogens is 5. The zero-order valence-electron chi connectivity index (χ0n) is 17.6. The lowest BCUT2D eigenvalue weighted by Gasteiger charge is -2.27. The molecule has 3 aromatic rings. The minimum Gasteiger partial charge on any atom is -0.327 e. The molecule has 1 atom stereocenters. The van der Waals surface area contributed by atoms with E-state index in [0.717, 1.165) is 5.56 Å². The summed E-state index contributed by atoms with van der Waals surface area (Å²) in [7, 11) is 0. The standard InChI is InChI=1S/C22H19Cl2F3N6O/c23-16-7-5-14(6-8-16)21-31-33(20(13-34)32(21)10-9-22(25,26)27)12-19-28-18(29-30-19)11-15-3-1-2-4-17(15)24/h1-8,13,20H,9-12H2,(H,28,29,30). The van der Waals surface area contributed by atoms with E-state index in [0.29, 0.717) is 40.0 Å². The maximum atomic E-state index is 13.0. The number of nitrogens with one attached hydrogen (secondary N) is 1. The third-order valence-electron chi connectivity index (χ3n) is 5.19. The molecule has 12 heteroatoms. The summed E-state index contributed by atoms with van der Waals surface area (Å²) in [6.45, 7) is -0.391. The van der Waals surface area contributed by atoms with E-state index < -0.39 is 25.3 Å². The molecule has 0 aliphatic carbocycles. The molecule has 34 heavy (non-hydrogen) atoms. The van der Waals surface area contributed by atoms with Crippen molar-refractivity contribution in [3.63, 3.8) is 0 Å². The van der Waals surface area contributed by atoms with Crippen molar-refractivity contribution < 1.29 is 18.0 Å². The Morgan fingerprint density at radius 2 is 1.74 bits per heavy atom. The van der Waals surface area contributed by atoms with Crippen molar-refractivity contribution in [3.8, 4) is 0 Å². The summed E-state index contributed by atoms with van der Waals surface area (Å²) in [6.07, 6.45) is -5.54. The zero-order valence-corrected chi connectivity index (χ0v) is 19.1. The summed E-state index contributed by atoms with van der Waals surface area (Å²) in [5.74, 6) is 1.21. The molecule has 0 bridgehead atoms. The van der Waals surface area contributed by atoms with E-state index in [1.54, 1.807) is 30.3 Å². The molecule has 1 aliphatic heterocycles. The average Bonchev–Trinajstić information content (AvgIpc) is 3.38. The van der Waals surface area contributed by atoms with Crippen LogP contribution in [0, 0.1) is 0 Å². The Morgan fingerprint density at radius 1 is 1.03 bits per heavy atom. The second kappa shape index (κ2) is 10.0. The summed E-state index contributed by atoms with van der Waals surface area (Å²) in [4.78, 5) is 16.3. The van der Waals surface area contributed by atoms with Crippen LogP contribution in [0.25, 0.3) is 0 Å². The summed E-state index contributed by atoms with van der Waals surface area (Å²) in [5, 5.41) is 15.1. The zero-order chi connectivity index (χ0) is 24.3. The number of hydrogen-bond donors (Lipinski definition) is 1. The number of aldehydes is 1. The number of carbonyl (C=O) groups excluding carboxylic acids is 1. The summed E-state index contributed by atoms with van der Waals surface area (Å²) in [6, 6.07) is 13.8. The molecule has 178 valence electrons. The Bertz CT molecular complexity index is 1180. The van der Waals surface area contributed by atoms with Gasteiger partial charge in [0.2, 0.25) is 0 Å². The molecule has 0 radical (unpaired) electrons. The van der Waals surface area contributed by atoms with Crippen LogP contribution in [0.1, 0.15) is 29.2 Å². The molecule has 0 saturated heterocycles. The molecule has 1 aliphatic rings. The van der Waals surface area contributed by atoms with Crippen LogP contribution in [-0.2, 0) is 17.8 Å². The normalized spacial score (nSPS) is 16.1. The number of nitrogens with zero attached hydrogens (tertiary/aromatic N) is 5. The molecule has 1 aromatic heterocycles. The number of H-pyrrole nitrogens is 1. The van der Waals surface area contributed by atoms with Crippen molar-refractivity contribution in [2.24, 2.45) is 5.10 Å². The van der Waals surface area contributed by atoms with Gasteiger partial charge in [-0.05, 0) is 35.9 Å². The molecule has 0 amide bonds. The highest BCUT2D eigenvalue weighted by Gasteiger charge is 2.38. The number of amidine groups is 1. The van der Waals surface area contributed by atoms with Crippen molar-refractivity contribution in [1.29, 1.82) is 0 Å². The van der Waals surface area contributed by atoms with Gasteiger partial charge in [-0.1, -0.05) is 41.4 Å². The number of carbonyl (C=O) groups is 1. The minimum atomic E-state index is -4.38. The fourth-order valence-electron chi connectivity index (χ4n) is 3.57. The monoisotopic (exact) mass is 510 g/mol. The molecule has 0 fully saturated rings. The third kappa shape index (κ3) is 5.68. The Balaban J connectivity index is 1.56. The van der Waals surface area contributed by atoms with Crippen molar-refractivity contribution in [3.05, 3.63) is 81.4 Å². The van der Waals surface area contributed by atoms with Crippen molar-refractivity contribution in [1.82, 2.24) is 25.1 Å². The molecular formula is C22H19Cl2F3N6O. The van der Waals surface area contributed by atoms with Crippen molar-refractivity contribution in [2.75, 3.05) is 6.54 Å². The molecule has 4 rings (SSSR count). The van der Waals surface area contributed by atoms with Crippen LogP contribution in [-0.4, -0.2) is 56.1 Å². The van der Waals surface area contributed by atoms with E-state index in [4.69, 9.17) is 23.2 Å². The molecular weight excluding hydrogens is 492 g/mol. The SMILES string of the molecule is O=CC1N(Cc2nnc(Cc3ccccc3Cl)[nH]2)N=C(c2ccc(Cl)cc2)N1CCC(F)(F)F. The van der Waals surface area contributed by atoms with Gasteiger partial charge in [0.1, 0.15) is 5.82 Å². The van der Waals surface area contributed by atoms with Gasteiger partial charge in [0.15, 0.2) is 24.1 Å². The van der Waals surface area contributed by atoms with Gasteiger partial charge in [-0.15, -0.1) is 10.2 Å². The summed E-state index contributed by atoms with van der Waals surface area (Å²) in [5.41, 5.74) is 1.40. The topological polar surface area (TPSA) is 77.5 Å². The summed E-state index contributed by atoms with van der Waals surface area (Å²) >= 11 is 12.1. The molecule has 0 spiro atoms. The number of aromatic amines is 1. The molecule has 0 saturated carbocycles. The van der Waals surface area contributed by atoms with Gasteiger partial charge in [0.25, 0.3) is 0 Å². The number of rotatable bonds is 8. The van der Waals surface area contributed by atoms with Gasteiger partial charge in [-0.3, -0.25) is 9.80 Å². The number of aromatic nitrogens is 3. The minimum absolute atomic E-state index is 0.0402. The van der Waals surface area contributed by atoms with Gasteiger partial charge in [-0.25, -0.2) is 0 Å². The molecule has 7 nitrogen and oxygen atoms in total. The Morgan fingerprint density at radius 3 is 2.41 bits per heavy atom. The quantitative estimate of drug-likeness (QED) is 0.446. The smallest absolute Gasteiger partial charge is 0.327 e. The summed E-state index contributed by atoms with van der Waals surface area (Å²) < 4.78 is 38.9. The first kappa shape index (κ1) is 24.0. The molecule has 1 N–H and O–H groups in total. The van der Waals surface area contributed by atoms with Gasteiger partial charge in [0, 0.05) is 28.6 Å². The predicted molar refractivity (Wildman–Crippen MR) is 121 cm³/mol. The second-order valence-electron chi connectivity index (χ2n) is 7.62. The lowest BCUT2D eigenvalue weighted by Crippen LogP contribution is -2.44. The number of hydrazone groups is 1. The van der Waals surface area contributed by atoms with Crippen LogP contribution in [0.2, 0.25) is 10.0 Å². The van der Waals surface area contributed by atoms with Crippen LogP contribution in [0.3, 0.4) is 0 Å². The van der Waals surface area contributed by atoms with Crippen LogP contribution in [0.5, 0.6) is 0 Å². The van der Waals surface area contributed by atoms with E-state index in [1.807, 2.05) is 18.2 Å².